The van der Waals surface area contributed by atoms with E-state index in [2.05, 4.69) is 26.1 Å². The van der Waals surface area contributed by atoms with Gasteiger partial charge in [-0.3, -0.25) is 4.79 Å². The summed E-state index contributed by atoms with van der Waals surface area (Å²) >= 11 is 0. The van der Waals surface area contributed by atoms with Crippen LogP contribution in [0.3, 0.4) is 0 Å². The Bertz CT molecular complexity index is 1350. The van der Waals surface area contributed by atoms with Gasteiger partial charge in [0, 0.05) is 17.1 Å². The molecule has 0 aliphatic carbocycles. The summed E-state index contributed by atoms with van der Waals surface area (Å²) < 4.78 is 11.2. The van der Waals surface area contributed by atoms with Gasteiger partial charge in [-0.05, 0) is 53.3 Å². The van der Waals surface area contributed by atoms with Crippen molar-refractivity contribution in [3.63, 3.8) is 0 Å². The van der Waals surface area contributed by atoms with Crippen molar-refractivity contribution in [2.24, 2.45) is 0 Å². The highest BCUT2D eigenvalue weighted by atomic mass is 16.5. The fourth-order valence-corrected chi connectivity index (χ4v) is 3.76. The average Bonchev–Trinajstić information content (AvgIpc) is 2.78. The molecule has 0 aliphatic heterocycles. The Morgan fingerprint density at radius 2 is 1.67 bits per heavy atom. The summed E-state index contributed by atoms with van der Waals surface area (Å²) in [6, 6.07) is 22.5. The van der Waals surface area contributed by atoms with Crippen LogP contribution in [0.1, 0.15) is 31.9 Å². The SMILES string of the molecule is Cc1c(-c2ccccc2)c(=O)oc2cc(OCC(=O)Nc3ccc(C(C)(C)C)cc3)ccc12. The van der Waals surface area contributed by atoms with E-state index < -0.39 is 5.63 Å². The van der Waals surface area contributed by atoms with Gasteiger partial charge in [0.15, 0.2) is 6.61 Å². The molecule has 0 spiro atoms. The molecular weight excluding hydrogens is 414 g/mol. The molecule has 1 amide bonds. The van der Waals surface area contributed by atoms with Crippen LogP contribution in [-0.2, 0) is 10.2 Å². The highest BCUT2D eigenvalue weighted by molar-refractivity contribution is 5.92. The van der Waals surface area contributed by atoms with Gasteiger partial charge >= 0.3 is 5.63 Å². The van der Waals surface area contributed by atoms with Crippen LogP contribution in [-0.4, -0.2) is 12.5 Å². The monoisotopic (exact) mass is 441 g/mol. The van der Waals surface area contributed by atoms with Gasteiger partial charge in [0.1, 0.15) is 11.3 Å². The minimum Gasteiger partial charge on any atom is -0.484 e. The second-order valence-corrected chi connectivity index (χ2v) is 9.08. The van der Waals surface area contributed by atoms with Crippen molar-refractivity contribution in [1.29, 1.82) is 0 Å². The molecule has 0 atom stereocenters. The molecule has 5 heteroatoms. The topological polar surface area (TPSA) is 68.5 Å². The maximum Gasteiger partial charge on any atom is 0.344 e. The lowest BCUT2D eigenvalue weighted by molar-refractivity contribution is -0.118. The average molecular weight is 442 g/mol. The molecule has 0 saturated heterocycles. The van der Waals surface area contributed by atoms with Gasteiger partial charge in [0.2, 0.25) is 0 Å². The smallest absolute Gasteiger partial charge is 0.344 e. The van der Waals surface area contributed by atoms with E-state index in [-0.39, 0.29) is 17.9 Å². The van der Waals surface area contributed by atoms with Crippen molar-refractivity contribution >= 4 is 22.6 Å². The summed E-state index contributed by atoms with van der Waals surface area (Å²) in [5, 5.41) is 3.66. The molecule has 33 heavy (non-hydrogen) atoms. The lowest BCUT2D eigenvalue weighted by atomic mass is 9.87. The number of nitrogens with one attached hydrogen (secondary N) is 1. The molecule has 5 nitrogen and oxygen atoms in total. The van der Waals surface area contributed by atoms with Crippen LogP contribution in [0.2, 0.25) is 0 Å². The molecule has 1 N–H and O–H groups in total. The first-order valence-electron chi connectivity index (χ1n) is 10.9. The van der Waals surface area contributed by atoms with E-state index in [9.17, 15) is 9.59 Å². The van der Waals surface area contributed by atoms with Crippen LogP contribution >= 0.6 is 0 Å². The maximum absolute atomic E-state index is 12.6. The molecule has 168 valence electrons. The maximum atomic E-state index is 12.6. The summed E-state index contributed by atoms with van der Waals surface area (Å²) in [5.41, 5.74) is 4.19. The predicted octanol–water partition coefficient (Wildman–Crippen LogP) is 6.08. The highest BCUT2D eigenvalue weighted by Crippen LogP contribution is 2.29. The van der Waals surface area contributed by atoms with Gasteiger partial charge in [-0.15, -0.1) is 0 Å². The number of carbonyl (C=O) groups is 1. The van der Waals surface area contributed by atoms with Gasteiger partial charge in [-0.25, -0.2) is 4.79 Å². The Balaban J connectivity index is 1.47. The summed E-state index contributed by atoms with van der Waals surface area (Å²) in [6.45, 7) is 8.18. The number of hydrogen-bond donors (Lipinski definition) is 1. The van der Waals surface area contributed by atoms with Crippen molar-refractivity contribution in [3.05, 3.63) is 94.3 Å². The van der Waals surface area contributed by atoms with E-state index in [1.54, 1.807) is 12.1 Å². The molecule has 0 unspecified atom stereocenters. The lowest BCUT2D eigenvalue weighted by Gasteiger charge is -2.19. The Kier molecular flexibility index (Phi) is 6.05. The zero-order chi connectivity index (χ0) is 23.6. The first kappa shape index (κ1) is 22.3. The number of anilines is 1. The molecule has 0 bridgehead atoms. The van der Waals surface area contributed by atoms with Crippen LogP contribution in [0, 0.1) is 6.92 Å². The molecule has 0 fully saturated rings. The fourth-order valence-electron chi connectivity index (χ4n) is 3.76. The fraction of sp³-hybridized carbons (Fsp3) is 0.214. The van der Waals surface area contributed by atoms with E-state index >= 15 is 0 Å². The van der Waals surface area contributed by atoms with Gasteiger partial charge in [0.25, 0.3) is 5.91 Å². The number of aryl methyl sites for hydroxylation is 1. The first-order chi connectivity index (χ1) is 15.7. The number of fused-ring (bicyclic) bond motifs is 1. The van der Waals surface area contributed by atoms with Gasteiger partial charge in [-0.1, -0.05) is 63.2 Å². The second-order valence-electron chi connectivity index (χ2n) is 9.08. The van der Waals surface area contributed by atoms with Crippen molar-refractivity contribution in [2.75, 3.05) is 11.9 Å². The molecular formula is C28H27NO4. The van der Waals surface area contributed by atoms with E-state index in [4.69, 9.17) is 9.15 Å². The number of ether oxygens (including phenoxy) is 1. The number of rotatable bonds is 5. The third-order valence-corrected chi connectivity index (χ3v) is 5.61. The quantitative estimate of drug-likeness (QED) is 0.381. The Hall–Kier alpha value is -3.86. The van der Waals surface area contributed by atoms with Crippen molar-refractivity contribution in [1.82, 2.24) is 0 Å². The highest BCUT2D eigenvalue weighted by Gasteiger charge is 2.15. The molecule has 4 rings (SSSR count). The van der Waals surface area contributed by atoms with Crippen molar-refractivity contribution in [2.45, 2.75) is 33.1 Å². The molecule has 0 aliphatic rings. The standard InChI is InChI=1S/C28H27NO4/c1-18-23-15-14-22(16-24(23)33-27(31)26(18)19-8-6-5-7-9-19)32-17-25(30)29-21-12-10-20(11-13-21)28(2,3)4/h5-16H,17H2,1-4H3,(H,29,30). The third kappa shape index (κ3) is 4.98. The Morgan fingerprint density at radius 3 is 2.33 bits per heavy atom. The van der Waals surface area contributed by atoms with Crippen LogP contribution in [0.5, 0.6) is 5.75 Å². The van der Waals surface area contributed by atoms with Crippen LogP contribution in [0.4, 0.5) is 5.69 Å². The van der Waals surface area contributed by atoms with Crippen molar-refractivity contribution < 1.29 is 13.9 Å². The zero-order valence-corrected chi connectivity index (χ0v) is 19.3. The van der Waals surface area contributed by atoms with E-state index in [1.165, 1.54) is 5.56 Å². The number of benzene rings is 3. The van der Waals surface area contributed by atoms with Crippen LogP contribution < -0.4 is 15.7 Å². The van der Waals surface area contributed by atoms with Crippen LogP contribution in [0.15, 0.2) is 82.0 Å². The third-order valence-electron chi connectivity index (χ3n) is 5.61. The number of amides is 1. The molecule has 0 saturated carbocycles. The largest absolute Gasteiger partial charge is 0.484 e. The molecule has 1 aromatic heterocycles. The molecule has 4 aromatic rings. The molecule has 1 heterocycles. The van der Waals surface area contributed by atoms with Crippen LogP contribution in [0.25, 0.3) is 22.1 Å². The minimum absolute atomic E-state index is 0.0525. The number of carbonyl (C=O) groups excluding carboxylic acids is 1. The van der Waals surface area contributed by atoms with E-state index in [1.807, 2.05) is 67.6 Å². The van der Waals surface area contributed by atoms with E-state index in [0.717, 1.165) is 16.5 Å². The van der Waals surface area contributed by atoms with E-state index in [0.29, 0.717) is 22.6 Å². The van der Waals surface area contributed by atoms with Crippen molar-refractivity contribution in [3.8, 4) is 16.9 Å². The molecule has 0 radical (unpaired) electrons. The van der Waals surface area contributed by atoms with Gasteiger partial charge in [-0.2, -0.15) is 0 Å². The predicted molar refractivity (Wildman–Crippen MR) is 132 cm³/mol. The summed E-state index contributed by atoms with van der Waals surface area (Å²) in [5.74, 6) is 0.186. The Morgan fingerprint density at radius 1 is 0.970 bits per heavy atom. The normalized spacial score (nSPS) is 11.4. The zero-order valence-electron chi connectivity index (χ0n) is 19.3. The first-order valence-corrected chi connectivity index (χ1v) is 10.9. The summed E-state index contributed by atoms with van der Waals surface area (Å²) in [6.07, 6.45) is 0. The molecule has 3 aromatic carbocycles. The Labute approximate surface area is 193 Å². The van der Waals surface area contributed by atoms with Gasteiger partial charge in [0.05, 0.1) is 5.56 Å². The van der Waals surface area contributed by atoms with Gasteiger partial charge < -0.3 is 14.5 Å². The number of hydrogen-bond acceptors (Lipinski definition) is 4. The minimum atomic E-state index is -0.403. The lowest BCUT2D eigenvalue weighted by Crippen LogP contribution is -2.20. The summed E-state index contributed by atoms with van der Waals surface area (Å²) in [7, 11) is 0. The second kappa shape index (κ2) is 8.94. The summed E-state index contributed by atoms with van der Waals surface area (Å²) in [4.78, 5) is 25.0.